The van der Waals surface area contributed by atoms with Crippen LogP contribution in [-0.4, -0.2) is 38.3 Å². The lowest BCUT2D eigenvalue weighted by Crippen LogP contribution is -2.68. The molecule has 24 heavy (non-hydrogen) atoms. The van der Waals surface area contributed by atoms with Crippen LogP contribution in [0.2, 0.25) is 0 Å². The molecule has 0 amide bonds. The third-order valence-electron chi connectivity index (χ3n) is 6.39. The molecular weight excluding hydrogens is 298 g/mol. The second kappa shape index (κ2) is 6.07. The van der Waals surface area contributed by atoms with Gasteiger partial charge in [-0.3, -0.25) is 4.99 Å². The van der Waals surface area contributed by atoms with Gasteiger partial charge in [0.05, 0.1) is 6.10 Å². The predicted octanol–water partition coefficient (Wildman–Crippen LogP) is 2.69. The molecule has 4 unspecified atom stereocenters. The number of aliphatic imine (C=N–C) groups is 1. The Labute approximate surface area is 145 Å². The van der Waals surface area contributed by atoms with Crippen molar-refractivity contribution in [3.8, 4) is 0 Å². The van der Waals surface area contributed by atoms with Crippen LogP contribution in [0.3, 0.4) is 0 Å². The molecule has 4 rings (SSSR count). The highest BCUT2D eigenvalue weighted by Gasteiger charge is 2.59. The minimum absolute atomic E-state index is 0.179. The molecule has 0 aromatic heterocycles. The van der Waals surface area contributed by atoms with Crippen LogP contribution >= 0.6 is 0 Å². The van der Waals surface area contributed by atoms with E-state index in [1.54, 1.807) is 0 Å². The molecule has 3 aliphatic rings. The zero-order valence-corrected chi connectivity index (χ0v) is 15.0. The summed E-state index contributed by atoms with van der Waals surface area (Å²) in [5.74, 6) is 2.16. The van der Waals surface area contributed by atoms with Gasteiger partial charge in [0.1, 0.15) is 0 Å². The van der Waals surface area contributed by atoms with Crippen molar-refractivity contribution < 1.29 is 4.74 Å². The van der Waals surface area contributed by atoms with Crippen LogP contribution in [0.5, 0.6) is 0 Å². The van der Waals surface area contributed by atoms with Gasteiger partial charge in [-0.1, -0.05) is 38.1 Å². The van der Waals surface area contributed by atoms with Gasteiger partial charge in [0.2, 0.25) is 0 Å². The summed E-state index contributed by atoms with van der Waals surface area (Å²) in [7, 11) is 1.87. The molecule has 2 aliphatic carbocycles. The van der Waals surface area contributed by atoms with Crippen LogP contribution in [0.25, 0.3) is 0 Å². The number of hydrogen-bond donors (Lipinski definition) is 2. The first kappa shape index (κ1) is 15.9. The highest BCUT2D eigenvalue weighted by molar-refractivity contribution is 5.80. The summed E-state index contributed by atoms with van der Waals surface area (Å²) in [6, 6.07) is 9.29. The van der Waals surface area contributed by atoms with E-state index in [-0.39, 0.29) is 5.41 Å². The number of hydrogen-bond acceptors (Lipinski definition) is 2. The van der Waals surface area contributed by atoms with Crippen molar-refractivity contribution in [2.75, 3.05) is 20.2 Å². The molecule has 1 aliphatic heterocycles. The van der Waals surface area contributed by atoms with E-state index in [4.69, 9.17) is 4.74 Å². The van der Waals surface area contributed by atoms with Crippen LogP contribution < -0.4 is 10.6 Å². The normalized spacial score (nSPS) is 33.5. The minimum atomic E-state index is 0.179. The van der Waals surface area contributed by atoms with Crippen molar-refractivity contribution in [3.63, 3.8) is 0 Å². The molecule has 4 atom stereocenters. The number of guanidine groups is 1. The summed E-state index contributed by atoms with van der Waals surface area (Å²) in [6.45, 7) is 6.46. The van der Waals surface area contributed by atoms with E-state index in [0.717, 1.165) is 19.1 Å². The largest absolute Gasteiger partial charge is 0.377 e. The maximum atomic E-state index is 5.89. The first-order chi connectivity index (χ1) is 11.6. The quantitative estimate of drug-likeness (QED) is 0.663. The zero-order chi connectivity index (χ0) is 16.7. The average Bonchev–Trinajstić information content (AvgIpc) is 3.21. The molecule has 130 valence electrons. The minimum Gasteiger partial charge on any atom is -0.377 e. The summed E-state index contributed by atoms with van der Waals surface area (Å²) in [6.07, 6.45) is 4.01. The Bertz CT molecular complexity index is 640. The van der Waals surface area contributed by atoms with Gasteiger partial charge in [-0.2, -0.15) is 0 Å². The van der Waals surface area contributed by atoms with Gasteiger partial charge in [0.15, 0.2) is 5.96 Å². The van der Waals surface area contributed by atoms with Crippen molar-refractivity contribution in [1.29, 1.82) is 0 Å². The monoisotopic (exact) mass is 327 g/mol. The second-order valence-corrected chi connectivity index (χ2v) is 8.07. The number of nitrogens with zero attached hydrogens (tertiary/aromatic N) is 1. The Morgan fingerprint density at radius 1 is 1.29 bits per heavy atom. The third-order valence-corrected chi connectivity index (χ3v) is 6.39. The molecule has 1 saturated carbocycles. The topological polar surface area (TPSA) is 45.7 Å². The molecule has 4 heteroatoms. The van der Waals surface area contributed by atoms with E-state index in [1.807, 2.05) is 7.05 Å². The van der Waals surface area contributed by atoms with Crippen molar-refractivity contribution >= 4 is 5.96 Å². The fourth-order valence-electron chi connectivity index (χ4n) is 5.04. The number of nitrogens with one attached hydrogen (secondary N) is 2. The van der Waals surface area contributed by atoms with E-state index in [2.05, 4.69) is 53.7 Å². The van der Waals surface area contributed by atoms with E-state index in [9.17, 15) is 0 Å². The molecule has 2 N–H and O–H groups in total. The molecule has 0 bridgehead atoms. The Kier molecular flexibility index (Phi) is 4.03. The molecule has 1 saturated heterocycles. The maximum absolute atomic E-state index is 5.89. The van der Waals surface area contributed by atoms with Gasteiger partial charge in [0.25, 0.3) is 0 Å². The number of benzene rings is 1. The first-order valence-corrected chi connectivity index (χ1v) is 9.28. The average molecular weight is 327 g/mol. The molecule has 1 heterocycles. The van der Waals surface area contributed by atoms with Crippen LogP contribution in [0, 0.1) is 11.3 Å². The molecule has 1 aromatic carbocycles. The Morgan fingerprint density at radius 3 is 2.96 bits per heavy atom. The zero-order valence-electron chi connectivity index (χ0n) is 15.0. The fourth-order valence-corrected chi connectivity index (χ4v) is 5.04. The van der Waals surface area contributed by atoms with Crippen molar-refractivity contribution in [2.45, 2.75) is 51.2 Å². The molecule has 1 aromatic rings. The van der Waals surface area contributed by atoms with Crippen LogP contribution in [0.15, 0.2) is 29.3 Å². The van der Waals surface area contributed by atoms with Gasteiger partial charge in [-0.05, 0) is 30.4 Å². The van der Waals surface area contributed by atoms with E-state index in [0.29, 0.717) is 24.0 Å². The number of aryl methyl sites for hydroxylation is 1. The molecule has 0 radical (unpaired) electrons. The number of ether oxygens (including phenoxy) is 1. The lowest BCUT2D eigenvalue weighted by atomic mass is 9.57. The highest BCUT2D eigenvalue weighted by Crippen LogP contribution is 2.52. The Balaban J connectivity index is 1.36. The van der Waals surface area contributed by atoms with Gasteiger partial charge >= 0.3 is 0 Å². The van der Waals surface area contributed by atoms with Gasteiger partial charge in [-0.15, -0.1) is 0 Å². The van der Waals surface area contributed by atoms with Crippen molar-refractivity contribution in [2.24, 2.45) is 16.3 Å². The molecule has 4 nitrogen and oxygen atoms in total. The van der Waals surface area contributed by atoms with Gasteiger partial charge < -0.3 is 15.4 Å². The first-order valence-electron chi connectivity index (χ1n) is 9.28. The lowest BCUT2D eigenvalue weighted by molar-refractivity contribution is -0.106. The third kappa shape index (κ3) is 2.52. The van der Waals surface area contributed by atoms with Crippen molar-refractivity contribution in [3.05, 3.63) is 35.4 Å². The number of fused-ring (bicyclic) bond motifs is 2. The lowest BCUT2D eigenvalue weighted by Gasteiger charge is -2.54. The molecule has 2 fully saturated rings. The summed E-state index contributed by atoms with van der Waals surface area (Å²) in [5.41, 5.74) is 3.20. The summed E-state index contributed by atoms with van der Waals surface area (Å²) < 4.78 is 5.89. The SMILES string of the molecule is CN=C(NCC1CCc2ccccc21)NC1C2CCOC2C1(C)C. The van der Waals surface area contributed by atoms with E-state index >= 15 is 0 Å². The fraction of sp³-hybridized carbons (Fsp3) is 0.650. The van der Waals surface area contributed by atoms with Crippen LogP contribution in [0.4, 0.5) is 0 Å². The van der Waals surface area contributed by atoms with Gasteiger partial charge in [0, 0.05) is 43.5 Å². The molecule has 0 spiro atoms. The van der Waals surface area contributed by atoms with Crippen LogP contribution in [0.1, 0.15) is 43.7 Å². The van der Waals surface area contributed by atoms with E-state index in [1.165, 1.54) is 30.4 Å². The van der Waals surface area contributed by atoms with Crippen molar-refractivity contribution in [1.82, 2.24) is 10.6 Å². The van der Waals surface area contributed by atoms with E-state index < -0.39 is 0 Å². The Hall–Kier alpha value is -1.55. The smallest absolute Gasteiger partial charge is 0.191 e. The van der Waals surface area contributed by atoms with Gasteiger partial charge in [-0.25, -0.2) is 0 Å². The Morgan fingerprint density at radius 2 is 2.12 bits per heavy atom. The number of rotatable bonds is 3. The highest BCUT2D eigenvalue weighted by atomic mass is 16.5. The summed E-state index contributed by atoms with van der Waals surface area (Å²) in [5, 5.41) is 7.24. The second-order valence-electron chi connectivity index (χ2n) is 8.07. The molecular formula is C20H29N3O. The maximum Gasteiger partial charge on any atom is 0.191 e. The standard InChI is InChI=1S/C20H29N3O/c1-20(2)17(16-10-11-24-18(16)20)23-19(21-3)22-12-14-9-8-13-6-4-5-7-15(13)14/h4-7,14,16-18H,8-12H2,1-3H3,(H2,21,22,23). The summed E-state index contributed by atoms with van der Waals surface area (Å²) in [4.78, 5) is 4.46. The predicted molar refractivity (Wildman–Crippen MR) is 97.4 cm³/mol. The van der Waals surface area contributed by atoms with Crippen LogP contribution in [-0.2, 0) is 11.2 Å². The summed E-state index contributed by atoms with van der Waals surface area (Å²) >= 11 is 0.